The smallest absolute Gasteiger partial charge is 0.0123 e. The number of hydrogen-bond acceptors (Lipinski definition) is 1. The van der Waals surface area contributed by atoms with Crippen LogP contribution in [0.1, 0.15) is 53.4 Å². The second kappa shape index (κ2) is 4.76. The minimum Gasteiger partial charge on any atom is -0.325 e. The van der Waals surface area contributed by atoms with Gasteiger partial charge in [0.2, 0.25) is 0 Å². The Morgan fingerprint density at radius 3 is 2.18 bits per heavy atom. The molecular weight excluding hydrogens is 134 g/mol. The predicted octanol–water partition coefficient (Wildman–Crippen LogP) is 2.94. The number of hydrogen-bond donors (Lipinski definition) is 1. The van der Waals surface area contributed by atoms with Gasteiger partial charge in [-0.25, -0.2) is 0 Å². The van der Waals surface area contributed by atoms with Crippen molar-refractivity contribution in [1.82, 2.24) is 0 Å². The Morgan fingerprint density at radius 2 is 1.82 bits per heavy atom. The highest BCUT2D eigenvalue weighted by molar-refractivity contribution is 4.78. The van der Waals surface area contributed by atoms with E-state index in [0.717, 1.165) is 0 Å². The molecule has 0 aromatic rings. The Balaban J connectivity index is 3.44. The van der Waals surface area contributed by atoms with Crippen molar-refractivity contribution in [2.24, 2.45) is 11.7 Å². The van der Waals surface area contributed by atoms with E-state index in [1.54, 1.807) is 0 Å². The lowest BCUT2D eigenvalue weighted by Gasteiger charge is -2.27. The average Bonchev–Trinajstić information content (AvgIpc) is 1.86. The maximum Gasteiger partial charge on any atom is 0.0123 e. The van der Waals surface area contributed by atoms with Gasteiger partial charge in [-0.3, -0.25) is 0 Å². The SMILES string of the molecule is CCCCCC(C)C(C)(C)N. The van der Waals surface area contributed by atoms with Crippen molar-refractivity contribution in [3.63, 3.8) is 0 Å². The Hall–Kier alpha value is -0.0400. The molecule has 11 heavy (non-hydrogen) atoms. The molecule has 1 atom stereocenters. The minimum atomic E-state index is 0.00768. The van der Waals surface area contributed by atoms with E-state index in [4.69, 9.17) is 5.73 Å². The summed E-state index contributed by atoms with van der Waals surface area (Å²) in [5.74, 6) is 0.647. The van der Waals surface area contributed by atoms with Crippen molar-refractivity contribution in [1.29, 1.82) is 0 Å². The van der Waals surface area contributed by atoms with E-state index in [1.165, 1.54) is 25.7 Å². The van der Waals surface area contributed by atoms with Crippen molar-refractivity contribution in [3.8, 4) is 0 Å². The van der Waals surface area contributed by atoms with Crippen LogP contribution in [0.15, 0.2) is 0 Å². The standard InChI is InChI=1S/C10H23N/c1-5-6-7-8-9(2)10(3,4)11/h9H,5-8,11H2,1-4H3. The van der Waals surface area contributed by atoms with Gasteiger partial charge in [-0.15, -0.1) is 0 Å². The molecule has 0 radical (unpaired) electrons. The summed E-state index contributed by atoms with van der Waals surface area (Å²) in [4.78, 5) is 0. The van der Waals surface area contributed by atoms with Crippen molar-refractivity contribution in [3.05, 3.63) is 0 Å². The molecule has 1 heteroatoms. The number of nitrogens with two attached hydrogens (primary N) is 1. The van der Waals surface area contributed by atoms with Gasteiger partial charge in [0.1, 0.15) is 0 Å². The summed E-state index contributed by atoms with van der Waals surface area (Å²) in [6.07, 6.45) is 5.26. The molecule has 1 nitrogen and oxygen atoms in total. The molecule has 0 aromatic carbocycles. The fraction of sp³-hybridized carbons (Fsp3) is 1.00. The fourth-order valence-electron chi connectivity index (χ4n) is 1.07. The molecule has 0 bridgehead atoms. The van der Waals surface area contributed by atoms with E-state index in [1.807, 2.05) is 0 Å². The second-order valence-corrected chi connectivity index (χ2v) is 4.22. The first-order valence-corrected chi connectivity index (χ1v) is 4.77. The number of unbranched alkanes of at least 4 members (excludes halogenated alkanes) is 2. The van der Waals surface area contributed by atoms with Gasteiger partial charge in [0.15, 0.2) is 0 Å². The summed E-state index contributed by atoms with van der Waals surface area (Å²) in [5.41, 5.74) is 5.97. The molecular formula is C10H23N. The van der Waals surface area contributed by atoms with Crippen LogP contribution in [-0.2, 0) is 0 Å². The van der Waals surface area contributed by atoms with Gasteiger partial charge in [0.25, 0.3) is 0 Å². The van der Waals surface area contributed by atoms with Crippen molar-refractivity contribution in [2.75, 3.05) is 0 Å². The minimum absolute atomic E-state index is 0.00768. The van der Waals surface area contributed by atoms with Gasteiger partial charge in [0.05, 0.1) is 0 Å². The molecule has 0 aliphatic carbocycles. The molecule has 0 spiro atoms. The van der Waals surface area contributed by atoms with E-state index in [2.05, 4.69) is 27.7 Å². The van der Waals surface area contributed by atoms with Gasteiger partial charge in [0, 0.05) is 5.54 Å². The average molecular weight is 157 g/mol. The summed E-state index contributed by atoms with van der Waals surface area (Å²) in [5, 5.41) is 0. The largest absolute Gasteiger partial charge is 0.325 e. The Labute approximate surface area is 71.4 Å². The maximum atomic E-state index is 5.96. The first-order valence-electron chi connectivity index (χ1n) is 4.77. The van der Waals surface area contributed by atoms with E-state index in [0.29, 0.717) is 5.92 Å². The van der Waals surface area contributed by atoms with Gasteiger partial charge < -0.3 is 5.73 Å². The van der Waals surface area contributed by atoms with Crippen LogP contribution in [0.4, 0.5) is 0 Å². The zero-order valence-electron chi connectivity index (χ0n) is 8.48. The first kappa shape index (κ1) is 11.0. The lowest BCUT2D eigenvalue weighted by molar-refractivity contribution is 0.317. The molecule has 0 saturated carbocycles. The highest BCUT2D eigenvalue weighted by atomic mass is 14.7. The molecule has 0 aliphatic rings. The normalized spacial score (nSPS) is 15.0. The molecule has 2 N–H and O–H groups in total. The highest BCUT2D eigenvalue weighted by Crippen LogP contribution is 2.19. The fourth-order valence-corrected chi connectivity index (χ4v) is 1.07. The molecule has 0 fully saturated rings. The van der Waals surface area contributed by atoms with E-state index in [-0.39, 0.29) is 5.54 Å². The summed E-state index contributed by atoms with van der Waals surface area (Å²) >= 11 is 0. The Kier molecular flexibility index (Phi) is 4.74. The van der Waals surface area contributed by atoms with Crippen LogP contribution >= 0.6 is 0 Å². The molecule has 0 amide bonds. The third kappa shape index (κ3) is 5.25. The first-order chi connectivity index (χ1) is 4.98. The van der Waals surface area contributed by atoms with E-state index >= 15 is 0 Å². The third-order valence-corrected chi connectivity index (χ3v) is 2.51. The Bertz CT molecular complexity index is 91.5. The molecule has 1 unspecified atom stereocenters. The van der Waals surface area contributed by atoms with Crippen molar-refractivity contribution in [2.45, 2.75) is 58.9 Å². The highest BCUT2D eigenvalue weighted by Gasteiger charge is 2.19. The molecule has 0 heterocycles. The molecule has 0 saturated heterocycles. The van der Waals surface area contributed by atoms with Gasteiger partial charge in [-0.1, -0.05) is 33.1 Å². The molecule has 68 valence electrons. The lowest BCUT2D eigenvalue weighted by Crippen LogP contribution is -2.39. The summed E-state index contributed by atoms with van der Waals surface area (Å²) < 4.78 is 0. The third-order valence-electron chi connectivity index (χ3n) is 2.51. The monoisotopic (exact) mass is 157 g/mol. The van der Waals surface area contributed by atoms with Crippen LogP contribution in [0, 0.1) is 5.92 Å². The van der Waals surface area contributed by atoms with Gasteiger partial charge in [-0.2, -0.15) is 0 Å². The topological polar surface area (TPSA) is 26.0 Å². The van der Waals surface area contributed by atoms with E-state index in [9.17, 15) is 0 Å². The Morgan fingerprint density at radius 1 is 1.27 bits per heavy atom. The quantitative estimate of drug-likeness (QED) is 0.610. The predicted molar refractivity (Wildman–Crippen MR) is 51.6 cm³/mol. The molecule has 0 rings (SSSR count). The van der Waals surface area contributed by atoms with Crippen LogP contribution in [0.2, 0.25) is 0 Å². The zero-order chi connectivity index (χ0) is 8.91. The van der Waals surface area contributed by atoms with E-state index < -0.39 is 0 Å². The van der Waals surface area contributed by atoms with Crippen molar-refractivity contribution >= 4 is 0 Å². The molecule has 0 aliphatic heterocycles. The second-order valence-electron chi connectivity index (χ2n) is 4.22. The van der Waals surface area contributed by atoms with Crippen LogP contribution in [0.3, 0.4) is 0 Å². The van der Waals surface area contributed by atoms with Gasteiger partial charge >= 0.3 is 0 Å². The maximum absolute atomic E-state index is 5.96. The zero-order valence-corrected chi connectivity index (χ0v) is 8.48. The summed E-state index contributed by atoms with van der Waals surface area (Å²) in [6, 6.07) is 0. The molecule has 0 aromatic heterocycles. The van der Waals surface area contributed by atoms with Crippen LogP contribution in [-0.4, -0.2) is 5.54 Å². The lowest BCUT2D eigenvalue weighted by atomic mass is 9.86. The van der Waals surface area contributed by atoms with Crippen LogP contribution in [0.25, 0.3) is 0 Å². The van der Waals surface area contributed by atoms with Crippen molar-refractivity contribution < 1.29 is 0 Å². The summed E-state index contributed by atoms with van der Waals surface area (Å²) in [7, 11) is 0. The van der Waals surface area contributed by atoms with Crippen LogP contribution in [0.5, 0.6) is 0 Å². The van der Waals surface area contributed by atoms with Gasteiger partial charge in [-0.05, 0) is 26.2 Å². The number of rotatable bonds is 5. The van der Waals surface area contributed by atoms with Crippen LogP contribution < -0.4 is 5.73 Å². The summed E-state index contributed by atoms with van der Waals surface area (Å²) in [6.45, 7) is 8.71.